The first kappa shape index (κ1) is 16.0. The molecule has 1 aliphatic carbocycles. The van der Waals surface area contributed by atoms with Crippen LogP contribution in [0.2, 0.25) is 5.02 Å². The lowest BCUT2D eigenvalue weighted by Crippen LogP contribution is -2.40. The Bertz CT molecular complexity index is 494. The first-order valence-corrected chi connectivity index (χ1v) is 7.76. The topological polar surface area (TPSA) is 72.2 Å². The van der Waals surface area contributed by atoms with Gasteiger partial charge in [0.25, 0.3) is 0 Å². The van der Waals surface area contributed by atoms with Crippen LogP contribution < -0.4 is 11.1 Å². The second-order valence-electron chi connectivity index (χ2n) is 5.61. The maximum atomic E-state index is 12.0. The van der Waals surface area contributed by atoms with E-state index < -0.39 is 0 Å². The summed E-state index contributed by atoms with van der Waals surface area (Å²) in [6.45, 7) is 0. The van der Waals surface area contributed by atoms with Crippen LogP contribution in [0, 0.1) is 0 Å². The molecule has 3 N–H and O–H groups in total. The predicted molar refractivity (Wildman–Crippen MR) is 83.4 cm³/mol. The summed E-state index contributed by atoms with van der Waals surface area (Å²) in [5.41, 5.74) is 6.43. The molecule has 0 radical (unpaired) electrons. The van der Waals surface area contributed by atoms with Crippen molar-refractivity contribution in [3.8, 4) is 0 Å². The number of amides is 1. The Morgan fingerprint density at radius 2 is 1.71 bits per heavy atom. The molecular formula is C16H21ClN2O2. The van der Waals surface area contributed by atoms with Gasteiger partial charge in [-0.2, -0.15) is 0 Å². The van der Waals surface area contributed by atoms with Gasteiger partial charge in [0.2, 0.25) is 5.91 Å². The zero-order valence-electron chi connectivity index (χ0n) is 12.0. The SMILES string of the molecule is NC1CCC(NC(=O)CCC(=O)c2ccc(Cl)cc2)CC1. The lowest BCUT2D eigenvalue weighted by Gasteiger charge is -2.26. The second-order valence-corrected chi connectivity index (χ2v) is 6.05. The van der Waals surface area contributed by atoms with Crippen LogP contribution in [-0.2, 0) is 4.79 Å². The molecule has 1 aliphatic rings. The zero-order chi connectivity index (χ0) is 15.2. The number of hydrogen-bond donors (Lipinski definition) is 2. The quantitative estimate of drug-likeness (QED) is 0.821. The average Bonchev–Trinajstić information content (AvgIpc) is 2.48. The zero-order valence-corrected chi connectivity index (χ0v) is 12.7. The minimum absolute atomic E-state index is 0.0347. The molecule has 0 spiro atoms. The molecular weight excluding hydrogens is 288 g/mol. The highest BCUT2D eigenvalue weighted by molar-refractivity contribution is 6.30. The van der Waals surface area contributed by atoms with Crippen LogP contribution in [0.4, 0.5) is 0 Å². The fraction of sp³-hybridized carbons (Fsp3) is 0.500. The fourth-order valence-electron chi connectivity index (χ4n) is 2.57. The third-order valence-electron chi connectivity index (χ3n) is 3.88. The number of carbonyl (C=O) groups excluding carboxylic acids is 2. The molecule has 0 atom stereocenters. The molecule has 0 heterocycles. The van der Waals surface area contributed by atoms with Gasteiger partial charge < -0.3 is 11.1 Å². The Morgan fingerprint density at radius 3 is 2.33 bits per heavy atom. The molecule has 114 valence electrons. The highest BCUT2D eigenvalue weighted by Crippen LogP contribution is 2.17. The monoisotopic (exact) mass is 308 g/mol. The van der Waals surface area contributed by atoms with Crippen LogP contribution in [0.3, 0.4) is 0 Å². The Labute approximate surface area is 130 Å². The lowest BCUT2D eigenvalue weighted by molar-refractivity contribution is -0.122. The second kappa shape index (κ2) is 7.57. The van der Waals surface area contributed by atoms with E-state index in [0.717, 1.165) is 25.7 Å². The van der Waals surface area contributed by atoms with Gasteiger partial charge in [0.05, 0.1) is 0 Å². The highest BCUT2D eigenvalue weighted by atomic mass is 35.5. The van der Waals surface area contributed by atoms with E-state index in [1.807, 2.05) is 0 Å². The van der Waals surface area contributed by atoms with Gasteiger partial charge in [-0.25, -0.2) is 0 Å². The van der Waals surface area contributed by atoms with E-state index in [4.69, 9.17) is 17.3 Å². The number of carbonyl (C=O) groups is 2. The van der Waals surface area contributed by atoms with E-state index in [0.29, 0.717) is 10.6 Å². The Hall–Kier alpha value is -1.39. The van der Waals surface area contributed by atoms with Crippen LogP contribution in [0.5, 0.6) is 0 Å². The van der Waals surface area contributed by atoms with E-state index in [1.54, 1.807) is 24.3 Å². The molecule has 1 aromatic rings. The number of benzene rings is 1. The number of Topliss-reactive ketones (excluding diaryl/α,β-unsaturated/α-hetero) is 1. The molecule has 0 aliphatic heterocycles. The minimum atomic E-state index is -0.0576. The van der Waals surface area contributed by atoms with Crippen LogP contribution in [0.1, 0.15) is 48.9 Å². The Kier molecular flexibility index (Phi) is 5.76. The number of nitrogens with two attached hydrogens (primary N) is 1. The van der Waals surface area contributed by atoms with Crippen molar-refractivity contribution < 1.29 is 9.59 Å². The molecule has 5 heteroatoms. The first-order chi connectivity index (χ1) is 10.0. The number of ketones is 1. The molecule has 4 nitrogen and oxygen atoms in total. The molecule has 1 aromatic carbocycles. The lowest BCUT2D eigenvalue weighted by atomic mass is 9.91. The summed E-state index contributed by atoms with van der Waals surface area (Å²) in [5, 5.41) is 3.58. The Balaban J connectivity index is 1.73. The summed E-state index contributed by atoms with van der Waals surface area (Å²) in [7, 11) is 0. The summed E-state index contributed by atoms with van der Waals surface area (Å²) < 4.78 is 0. The van der Waals surface area contributed by atoms with Crippen molar-refractivity contribution in [2.75, 3.05) is 0 Å². The van der Waals surface area contributed by atoms with E-state index in [2.05, 4.69) is 5.32 Å². The van der Waals surface area contributed by atoms with Gasteiger partial charge in [0.1, 0.15) is 0 Å². The molecule has 21 heavy (non-hydrogen) atoms. The predicted octanol–water partition coefficient (Wildman–Crippen LogP) is 2.69. The van der Waals surface area contributed by atoms with Crippen molar-refractivity contribution in [2.45, 2.75) is 50.6 Å². The van der Waals surface area contributed by atoms with E-state index in [9.17, 15) is 9.59 Å². The maximum Gasteiger partial charge on any atom is 0.220 e. The van der Waals surface area contributed by atoms with Crippen LogP contribution in [0.15, 0.2) is 24.3 Å². The Morgan fingerprint density at radius 1 is 1.10 bits per heavy atom. The number of halogens is 1. The fourth-order valence-corrected chi connectivity index (χ4v) is 2.70. The van der Waals surface area contributed by atoms with Gasteiger partial charge in [-0.05, 0) is 49.9 Å². The van der Waals surface area contributed by atoms with Gasteiger partial charge in [-0.3, -0.25) is 9.59 Å². The van der Waals surface area contributed by atoms with E-state index in [1.165, 1.54) is 0 Å². The number of rotatable bonds is 5. The van der Waals surface area contributed by atoms with Crippen molar-refractivity contribution >= 4 is 23.3 Å². The van der Waals surface area contributed by atoms with Crippen molar-refractivity contribution in [3.63, 3.8) is 0 Å². The van der Waals surface area contributed by atoms with Crippen LogP contribution in [0.25, 0.3) is 0 Å². The van der Waals surface area contributed by atoms with Gasteiger partial charge in [-0.1, -0.05) is 11.6 Å². The molecule has 2 rings (SSSR count). The molecule has 1 saturated carbocycles. The van der Waals surface area contributed by atoms with Gasteiger partial charge in [0, 0.05) is 35.5 Å². The van der Waals surface area contributed by atoms with E-state index in [-0.39, 0.29) is 36.6 Å². The highest BCUT2D eigenvalue weighted by Gasteiger charge is 2.20. The minimum Gasteiger partial charge on any atom is -0.353 e. The van der Waals surface area contributed by atoms with Crippen molar-refractivity contribution in [1.82, 2.24) is 5.32 Å². The summed E-state index contributed by atoms with van der Waals surface area (Å²) >= 11 is 5.78. The van der Waals surface area contributed by atoms with Crippen molar-refractivity contribution in [2.24, 2.45) is 5.73 Å². The van der Waals surface area contributed by atoms with E-state index >= 15 is 0 Å². The summed E-state index contributed by atoms with van der Waals surface area (Å²) in [6.07, 6.45) is 4.21. The molecule has 1 amide bonds. The third-order valence-corrected chi connectivity index (χ3v) is 4.13. The largest absolute Gasteiger partial charge is 0.353 e. The maximum absolute atomic E-state index is 12.0. The summed E-state index contributed by atoms with van der Waals surface area (Å²) in [6, 6.07) is 7.21. The molecule has 0 unspecified atom stereocenters. The molecule has 0 aromatic heterocycles. The average molecular weight is 309 g/mol. The third kappa shape index (κ3) is 5.14. The van der Waals surface area contributed by atoms with Gasteiger partial charge in [0.15, 0.2) is 5.78 Å². The first-order valence-electron chi connectivity index (χ1n) is 7.38. The normalized spacial score (nSPS) is 21.8. The summed E-state index contributed by atoms with van der Waals surface area (Å²) in [4.78, 5) is 23.8. The van der Waals surface area contributed by atoms with Gasteiger partial charge in [-0.15, -0.1) is 0 Å². The van der Waals surface area contributed by atoms with Crippen molar-refractivity contribution in [3.05, 3.63) is 34.9 Å². The standard InChI is InChI=1S/C16H21ClN2O2/c17-12-3-1-11(2-4-12)15(20)9-10-16(21)19-14-7-5-13(18)6-8-14/h1-4,13-14H,5-10,18H2,(H,19,21). The molecule has 0 saturated heterocycles. The summed E-state index contributed by atoms with van der Waals surface area (Å²) in [5.74, 6) is -0.0923. The molecule has 0 bridgehead atoms. The van der Waals surface area contributed by atoms with Crippen molar-refractivity contribution in [1.29, 1.82) is 0 Å². The smallest absolute Gasteiger partial charge is 0.220 e. The van der Waals surface area contributed by atoms with Gasteiger partial charge >= 0.3 is 0 Å². The number of hydrogen-bond acceptors (Lipinski definition) is 3. The van der Waals surface area contributed by atoms with Crippen LogP contribution in [-0.4, -0.2) is 23.8 Å². The molecule has 1 fully saturated rings. The van der Waals surface area contributed by atoms with Crippen LogP contribution >= 0.6 is 11.6 Å². The number of nitrogens with one attached hydrogen (secondary N) is 1.